The van der Waals surface area contributed by atoms with Crippen LogP contribution in [0.25, 0.3) is 0 Å². The summed E-state index contributed by atoms with van der Waals surface area (Å²) in [5, 5.41) is 28.8. The second kappa shape index (κ2) is 18.3. The Bertz CT molecular complexity index is 387. The van der Waals surface area contributed by atoms with E-state index in [0.717, 1.165) is 19.3 Å². The normalized spacial score (nSPS) is 23.2. The van der Waals surface area contributed by atoms with Gasteiger partial charge in [-0.15, -0.1) is 0 Å². The molecular formula is C24H46O5. The van der Waals surface area contributed by atoms with Crippen molar-refractivity contribution in [3.63, 3.8) is 0 Å². The van der Waals surface area contributed by atoms with Crippen LogP contribution in [-0.4, -0.2) is 59.6 Å². The van der Waals surface area contributed by atoms with E-state index in [1.54, 1.807) is 0 Å². The number of ether oxygens (including phenoxy) is 2. The Morgan fingerprint density at radius 2 is 1.41 bits per heavy atom. The molecule has 0 aromatic rings. The van der Waals surface area contributed by atoms with Gasteiger partial charge < -0.3 is 24.8 Å². The second-order valence-electron chi connectivity index (χ2n) is 8.39. The van der Waals surface area contributed by atoms with Gasteiger partial charge in [0.1, 0.15) is 24.4 Å². The molecule has 29 heavy (non-hydrogen) atoms. The van der Waals surface area contributed by atoms with Crippen molar-refractivity contribution in [1.29, 1.82) is 0 Å². The molecule has 0 unspecified atom stereocenters. The summed E-state index contributed by atoms with van der Waals surface area (Å²) in [6, 6.07) is 0. The van der Waals surface area contributed by atoms with Gasteiger partial charge in [0.15, 0.2) is 0 Å². The van der Waals surface area contributed by atoms with Crippen molar-refractivity contribution < 1.29 is 24.8 Å². The second-order valence-corrected chi connectivity index (χ2v) is 8.39. The minimum Gasteiger partial charge on any atom is -0.394 e. The Labute approximate surface area is 178 Å². The summed E-state index contributed by atoms with van der Waals surface area (Å²) >= 11 is 0. The number of unbranched alkanes of at least 4 members (excludes halogenated alkanes) is 12. The van der Waals surface area contributed by atoms with Crippen molar-refractivity contribution in [3.05, 3.63) is 12.2 Å². The fourth-order valence-corrected chi connectivity index (χ4v) is 3.79. The smallest absolute Gasteiger partial charge is 0.114 e. The Morgan fingerprint density at radius 1 is 0.862 bits per heavy atom. The van der Waals surface area contributed by atoms with Gasteiger partial charge in [-0.3, -0.25) is 0 Å². The predicted octanol–water partition coefficient (Wildman–Crippen LogP) is 4.52. The molecule has 1 fully saturated rings. The van der Waals surface area contributed by atoms with Crippen LogP contribution in [0.4, 0.5) is 0 Å². The minimum atomic E-state index is -0.985. The van der Waals surface area contributed by atoms with Gasteiger partial charge in [0, 0.05) is 6.61 Å². The van der Waals surface area contributed by atoms with Crippen molar-refractivity contribution >= 4 is 0 Å². The quantitative estimate of drug-likeness (QED) is 0.214. The topological polar surface area (TPSA) is 79.2 Å². The van der Waals surface area contributed by atoms with Crippen LogP contribution in [0.1, 0.15) is 96.8 Å². The summed E-state index contributed by atoms with van der Waals surface area (Å²) in [7, 11) is 0. The van der Waals surface area contributed by atoms with Crippen molar-refractivity contribution in [2.45, 2.75) is 121 Å². The third-order valence-corrected chi connectivity index (χ3v) is 5.72. The SMILES string of the molecule is CCCCCCCCCCCC/C=C/CCCCO[C@@H](CO)[C@H]1OC[C@@H](O)[C@H]1O. The van der Waals surface area contributed by atoms with E-state index in [2.05, 4.69) is 19.1 Å². The van der Waals surface area contributed by atoms with E-state index < -0.39 is 24.4 Å². The first kappa shape index (κ1) is 26.6. The number of hydrogen-bond acceptors (Lipinski definition) is 5. The van der Waals surface area contributed by atoms with Crippen LogP contribution >= 0.6 is 0 Å². The van der Waals surface area contributed by atoms with Gasteiger partial charge in [0.2, 0.25) is 0 Å². The molecule has 1 heterocycles. The van der Waals surface area contributed by atoms with Crippen LogP contribution < -0.4 is 0 Å². The molecule has 1 saturated heterocycles. The lowest BCUT2D eigenvalue weighted by Crippen LogP contribution is -2.42. The van der Waals surface area contributed by atoms with Gasteiger partial charge in [-0.1, -0.05) is 76.9 Å². The summed E-state index contributed by atoms with van der Waals surface area (Å²) in [5.41, 5.74) is 0. The zero-order valence-electron chi connectivity index (χ0n) is 18.6. The molecular weight excluding hydrogens is 368 g/mol. The fourth-order valence-electron chi connectivity index (χ4n) is 3.79. The van der Waals surface area contributed by atoms with Gasteiger partial charge in [0.25, 0.3) is 0 Å². The Balaban J connectivity index is 1.87. The summed E-state index contributed by atoms with van der Waals surface area (Å²) in [6.45, 7) is 2.67. The van der Waals surface area contributed by atoms with Gasteiger partial charge in [-0.25, -0.2) is 0 Å². The highest BCUT2D eigenvalue weighted by molar-refractivity contribution is 4.88. The number of aliphatic hydroxyl groups is 3. The van der Waals surface area contributed by atoms with E-state index in [1.165, 1.54) is 70.6 Å². The summed E-state index contributed by atoms with van der Waals surface area (Å²) in [5.74, 6) is 0. The third-order valence-electron chi connectivity index (χ3n) is 5.72. The van der Waals surface area contributed by atoms with E-state index in [4.69, 9.17) is 9.47 Å². The lowest BCUT2D eigenvalue weighted by atomic mass is 10.1. The summed E-state index contributed by atoms with van der Waals surface area (Å²) in [4.78, 5) is 0. The van der Waals surface area contributed by atoms with Crippen molar-refractivity contribution in [1.82, 2.24) is 0 Å². The van der Waals surface area contributed by atoms with Crippen molar-refractivity contribution in [2.75, 3.05) is 19.8 Å². The number of aliphatic hydroxyl groups excluding tert-OH is 3. The van der Waals surface area contributed by atoms with Gasteiger partial charge in [-0.05, 0) is 32.1 Å². The van der Waals surface area contributed by atoms with Crippen molar-refractivity contribution in [2.24, 2.45) is 0 Å². The molecule has 0 spiro atoms. The van der Waals surface area contributed by atoms with Crippen LogP contribution in [0.15, 0.2) is 12.2 Å². The first-order chi connectivity index (χ1) is 14.2. The molecule has 1 aliphatic rings. The fraction of sp³-hybridized carbons (Fsp3) is 0.917. The molecule has 0 aromatic carbocycles. The molecule has 0 bridgehead atoms. The molecule has 1 rings (SSSR count). The largest absolute Gasteiger partial charge is 0.394 e. The Morgan fingerprint density at radius 3 is 1.93 bits per heavy atom. The minimum absolute atomic E-state index is 0.0928. The molecule has 5 nitrogen and oxygen atoms in total. The van der Waals surface area contributed by atoms with Gasteiger partial charge >= 0.3 is 0 Å². The lowest BCUT2D eigenvalue weighted by molar-refractivity contribution is -0.101. The monoisotopic (exact) mass is 414 g/mol. The van der Waals surface area contributed by atoms with Crippen LogP contribution in [0.5, 0.6) is 0 Å². The highest BCUT2D eigenvalue weighted by Crippen LogP contribution is 2.19. The highest BCUT2D eigenvalue weighted by atomic mass is 16.6. The van der Waals surface area contributed by atoms with E-state index in [1.807, 2.05) is 0 Å². The summed E-state index contributed by atoms with van der Waals surface area (Å²) < 4.78 is 11.0. The molecule has 0 saturated carbocycles. The van der Waals surface area contributed by atoms with Crippen LogP contribution in [0, 0.1) is 0 Å². The number of hydrogen-bond donors (Lipinski definition) is 3. The summed E-state index contributed by atoms with van der Waals surface area (Å²) in [6.07, 6.45) is 19.4. The standard InChI is InChI=1S/C24H46O5/c1-2-3-4-5-6-7-8-9-10-11-12-13-14-15-16-17-18-28-22(19-25)24-23(27)21(26)20-29-24/h13-14,21-27H,2-12,15-20H2,1H3/b14-13+/t21-,22+,23-,24-/m1/s1. The van der Waals surface area contributed by atoms with E-state index in [9.17, 15) is 15.3 Å². The average molecular weight is 415 g/mol. The molecule has 3 N–H and O–H groups in total. The zero-order chi connectivity index (χ0) is 21.2. The number of rotatable bonds is 19. The Kier molecular flexibility index (Phi) is 16.8. The molecule has 0 amide bonds. The van der Waals surface area contributed by atoms with Crippen molar-refractivity contribution in [3.8, 4) is 0 Å². The zero-order valence-corrected chi connectivity index (χ0v) is 18.6. The third kappa shape index (κ3) is 12.7. The lowest BCUT2D eigenvalue weighted by Gasteiger charge is -2.24. The van der Waals surface area contributed by atoms with Gasteiger partial charge in [0.05, 0.1) is 13.2 Å². The molecule has 1 aliphatic heterocycles. The van der Waals surface area contributed by atoms with Crippen LogP contribution in [-0.2, 0) is 9.47 Å². The molecule has 0 aliphatic carbocycles. The molecule has 0 radical (unpaired) electrons. The van der Waals surface area contributed by atoms with Crippen LogP contribution in [0.2, 0.25) is 0 Å². The maximum Gasteiger partial charge on any atom is 0.114 e. The molecule has 4 atom stereocenters. The molecule has 0 aromatic heterocycles. The van der Waals surface area contributed by atoms with E-state index in [-0.39, 0.29) is 13.2 Å². The predicted molar refractivity (Wildman–Crippen MR) is 118 cm³/mol. The van der Waals surface area contributed by atoms with Crippen LogP contribution in [0.3, 0.4) is 0 Å². The first-order valence-electron chi connectivity index (χ1n) is 12.1. The first-order valence-corrected chi connectivity index (χ1v) is 12.1. The van der Waals surface area contributed by atoms with E-state index in [0.29, 0.717) is 6.61 Å². The van der Waals surface area contributed by atoms with E-state index >= 15 is 0 Å². The van der Waals surface area contributed by atoms with Gasteiger partial charge in [-0.2, -0.15) is 0 Å². The molecule has 5 heteroatoms. The Hall–Kier alpha value is -0.460. The average Bonchev–Trinajstić information content (AvgIpc) is 3.06. The maximum absolute atomic E-state index is 9.83. The number of allylic oxidation sites excluding steroid dienone is 2. The highest BCUT2D eigenvalue weighted by Gasteiger charge is 2.40. The maximum atomic E-state index is 9.83. The molecule has 172 valence electrons.